The summed E-state index contributed by atoms with van der Waals surface area (Å²) in [4.78, 5) is 9.30. The Labute approximate surface area is 61.1 Å². The third kappa shape index (κ3) is 1.34. The van der Waals surface area contributed by atoms with Gasteiger partial charge < -0.3 is 10.3 Å². The molecular weight excluding hydrogens is 152 g/mol. The topological polar surface area (TPSA) is 90.3 Å². The molecule has 0 atom stereocenters. The summed E-state index contributed by atoms with van der Waals surface area (Å²) in [6, 6.07) is 0.933. The lowest BCUT2D eigenvalue weighted by atomic mass is 10.4. The lowest BCUT2D eigenvalue weighted by Crippen LogP contribution is -2.23. The molecule has 0 fully saturated rings. The molecule has 1 aromatic rings. The van der Waals surface area contributed by atoms with Gasteiger partial charge in [0.15, 0.2) is 6.20 Å². The third-order valence-electron chi connectivity index (χ3n) is 1.09. The van der Waals surface area contributed by atoms with Gasteiger partial charge in [-0.2, -0.15) is 4.73 Å². The van der Waals surface area contributed by atoms with E-state index in [1.807, 2.05) is 0 Å². The van der Waals surface area contributed by atoms with Crippen LogP contribution in [-0.4, -0.2) is 10.0 Å². The Hall–Kier alpha value is -1.85. The summed E-state index contributed by atoms with van der Waals surface area (Å²) in [6.07, 6.45) is 1.66. The quantitative estimate of drug-likeness (QED) is 0.267. The van der Waals surface area contributed by atoms with Crippen LogP contribution in [0.1, 0.15) is 0 Å². The van der Waals surface area contributed by atoms with E-state index in [1.54, 1.807) is 0 Å². The molecule has 0 aliphatic carbocycles. The van der Waals surface area contributed by atoms with Crippen molar-refractivity contribution in [2.24, 2.45) is 0 Å². The second kappa shape index (κ2) is 2.41. The van der Waals surface area contributed by atoms with E-state index in [1.165, 1.54) is 0 Å². The Bertz CT molecular complexity index is 299. The summed E-state index contributed by atoms with van der Waals surface area (Å²) in [5.74, 6) is -0.632. The number of aromatic nitrogens is 1. The fourth-order valence-electron chi connectivity index (χ4n) is 0.614. The molecule has 0 aliphatic heterocycles. The van der Waals surface area contributed by atoms with Gasteiger partial charge >= 0.3 is 5.69 Å². The Kier molecular flexibility index (Phi) is 1.59. The molecule has 0 unspecified atom stereocenters. The first-order chi connectivity index (χ1) is 5.11. The predicted octanol–water partition coefficient (Wildman–Crippen LogP) is -0.0662. The highest BCUT2D eigenvalue weighted by Gasteiger charge is 2.14. The van der Waals surface area contributed by atoms with Crippen LogP contribution in [0.5, 0.6) is 5.75 Å². The maximum atomic E-state index is 10.4. The van der Waals surface area contributed by atoms with Crippen molar-refractivity contribution < 1.29 is 14.8 Å². The minimum atomic E-state index is -0.769. The lowest BCUT2D eigenvalue weighted by Gasteiger charge is -1.95. The number of nitrogens with zero attached hydrogens (tertiary/aromatic N) is 2. The molecule has 0 bridgehead atoms. The molecule has 0 radical (unpaired) electrons. The van der Waals surface area contributed by atoms with Gasteiger partial charge in [-0.3, -0.25) is 10.1 Å². The summed E-state index contributed by atoms with van der Waals surface area (Å²) < 4.78 is 0.280. The van der Waals surface area contributed by atoms with E-state index in [-0.39, 0.29) is 4.73 Å². The van der Waals surface area contributed by atoms with Crippen LogP contribution in [0.4, 0.5) is 5.69 Å². The molecule has 0 spiro atoms. The maximum absolute atomic E-state index is 10.4. The van der Waals surface area contributed by atoms with Gasteiger partial charge in [0, 0.05) is 0 Å². The summed E-state index contributed by atoms with van der Waals surface area (Å²) in [5.41, 5.74) is -0.475. The summed E-state index contributed by atoms with van der Waals surface area (Å²) in [6.45, 7) is 0. The van der Waals surface area contributed by atoms with Gasteiger partial charge in [0.05, 0.1) is 11.0 Å². The van der Waals surface area contributed by atoms with E-state index in [4.69, 9.17) is 5.11 Å². The van der Waals surface area contributed by atoms with Crippen molar-refractivity contribution in [3.8, 4) is 5.75 Å². The van der Waals surface area contributed by atoms with E-state index in [0.717, 1.165) is 18.5 Å². The smallest absolute Gasteiger partial charge is 0.323 e. The van der Waals surface area contributed by atoms with Gasteiger partial charge in [0.2, 0.25) is 6.20 Å². The molecule has 1 N–H and O–H groups in total. The molecule has 6 heteroatoms. The van der Waals surface area contributed by atoms with Gasteiger partial charge in [-0.05, 0) is 0 Å². The fourth-order valence-corrected chi connectivity index (χ4v) is 0.614. The van der Waals surface area contributed by atoms with Crippen LogP contribution in [-0.2, 0) is 0 Å². The van der Waals surface area contributed by atoms with Gasteiger partial charge in [-0.1, -0.05) is 0 Å². The Morgan fingerprint density at radius 1 is 1.64 bits per heavy atom. The van der Waals surface area contributed by atoms with Gasteiger partial charge in [-0.25, -0.2) is 0 Å². The summed E-state index contributed by atoms with van der Waals surface area (Å²) >= 11 is 0. The van der Waals surface area contributed by atoms with Crippen molar-refractivity contribution in [3.05, 3.63) is 33.8 Å². The highest BCUT2D eigenvalue weighted by Crippen LogP contribution is 2.21. The molecule has 0 saturated carbocycles. The maximum Gasteiger partial charge on any atom is 0.323 e. The SMILES string of the molecule is O=[N+]([O-])c1cc[n+]([O-])cc1O. The van der Waals surface area contributed by atoms with E-state index in [0.29, 0.717) is 0 Å². The molecule has 0 saturated heterocycles. The molecule has 1 rings (SSSR count). The molecule has 1 heterocycles. The molecule has 11 heavy (non-hydrogen) atoms. The van der Waals surface area contributed by atoms with E-state index < -0.39 is 16.4 Å². The zero-order chi connectivity index (χ0) is 8.43. The predicted molar refractivity (Wildman–Crippen MR) is 33.7 cm³/mol. The highest BCUT2D eigenvalue weighted by molar-refractivity contribution is 5.40. The Balaban J connectivity index is 3.20. The van der Waals surface area contributed by atoms with Gasteiger partial charge in [0.1, 0.15) is 0 Å². The first-order valence-corrected chi connectivity index (χ1v) is 2.67. The average Bonchev–Trinajstić information content (AvgIpc) is 1.85. The lowest BCUT2D eigenvalue weighted by molar-refractivity contribution is -0.606. The number of hydrogen-bond donors (Lipinski definition) is 1. The van der Waals surface area contributed by atoms with E-state index in [2.05, 4.69) is 0 Å². The molecule has 0 aliphatic rings. The summed E-state index contributed by atoms with van der Waals surface area (Å²) in [7, 11) is 0. The van der Waals surface area contributed by atoms with Crippen LogP contribution < -0.4 is 4.73 Å². The fraction of sp³-hybridized carbons (Fsp3) is 0. The van der Waals surface area contributed by atoms with Gasteiger partial charge in [-0.15, -0.1) is 0 Å². The first-order valence-electron chi connectivity index (χ1n) is 2.67. The van der Waals surface area contributed by atoms with Crippen molar-refractivity contribution >= 4 is 5.69 Å². The zero-order valence-corrected chi connectivity index (χ0v) is 5.30. The monoisotopic (exact) mass is 156 g/mol. The minimum absolute atomic E-state index is 0.280. The van der Waals surface area contributed by atoms with Crippen LogP contribution in [0, 0.1) is 15.3 Å². The first kappa shape index (κ1) is 7.26. The number of nitro groups is 1. The van der Waals surface area contributed by atoms with Crippen molar-refractivity contribution in [2.45, 2.75) is 0 Å². The second-order valence-electron chi connectivity index (χ2n) is 1.83. The molecule has 0 aromatic carbocycles. The number of hydrogen-bond acceptors (Lipinski definition) is 4. The molecule has 0 amide bonds. The van der Waals surface area contributed by atoms with Crippen molar-refractivity contribution in [1.29, 1.82) is 0 Å². The van der Waals surface area contributed by atoms with E-state index >= 15 is 0 Å². The van der Waals surface area contributed by atoms with Crippen LogP contribution in [0.2, 0.25) is 0 Å². The number of rotatable bonds is 1. The van der Waals surface area contributed by atoms with Crippen LogP contribution in [0.15, 0.2) is 18.5 Å². The number of pyridine rings is 1. The largest absolute Gasteiger partial charge is 0.619 e. The molecule has 1 aromatic heterocycles. The Morgan fingerprint density at radius 3 is 2.73 bits per heavy atom. The second-order valence-corrected chi connectivity index (χ2v) is 1.83. The third-order valence-corrected chi connectivity index (χ3v) is 1.09. The highest BCUT2D eigenvalue weighted by atomic mass is 16.6. The van der Waals surface area contributed by atoms with Crippen molar-refractivity contribution in [1.82, 2.24) is 0 Å². The number of aromatic hydroxyl groups is 1. The minimum Gasteiger partial charge on any atom is -0.619 e. The van der Waals surface area contributed by atoms with Gasteiger partial charge in [0.25, 0.3) is 5.75 Å². The van der Waals surface area contributed by atoms with Crippen molar-refractivity contribution in [3.63, 3.8) is 0 Å². The van der Waals surface area contributed by atoms with Crippen LogP contribution >= 0.6 is 0 Å². The standard InChI is InChI=1S/C5H4N2O4/c8-5-3-6(9)2-1-4(5)7(10)11/h1-3,8H. The molecular formula is C5H4N2O4. The van der Waals surface area contributed by atoms with E-state index in [9.17, 15) is 15.3 Å². The van der Waals surface area contributed by atoms with Crippen LogP contribution in [0.3, 0.4) is 0 Å². The molecule has 58 valence electrons. The summed E-state index contributed by atoms with van der Waals surface area (Å²) in [5, 5.41) is 29.3. The molecule has 6 nitrogen and oxygen atoms in total. The zero-order valence-electron chi connectivity index (χ0n) is 5.30. The average molecular weight is 156 g/mol. The van der Waals surface area contributed by atoms with Crippen LogP contribution in [0.25, 0.3) is 0 Å². The Morgan fingerprint density at radius 2 is 2.27 bits per heavy atom. The van der Waals surface area contributed by atoms with Crippen molar-refractivity contribution in [2.75, 3.05) is 0 Å². The normalized spacial score (nSPS) is 9.45.